The largest absolute Gasteiger partial charge is 0.472 e. The second kappa shape index (κ2) is 9.81. The molecule has 0 unspecified atom stereocenters. The topological polar surface area (TPSA) is 89.9 Å². The monoisotopic (exact) mass is 556 g/mol. The van der Waals surface area contributed by atoms with Crippen molar-refractivity contribution in [2.24, 2.45) is 5.41 Å². The van der Waals surface area contributed by atoms with Crippen molar-refractivity contribution >= 4 is 40.1 Å². The van der Waals surface area contributed by atoms with Gasteiger partial charge in [-0.2, -0.15) is 0 Å². The fraction of sp³-hybridized carbons (Fsp3) is 0.276. The van der Waals surface area contributed by atoms with Crippen LogP contribution in [0.4, 0.5) is 5.82 Å². The van der Waals surface area contributed by atoms with Gasteiger partial charge in [-0.05, 0) is 60.9 Å². The van der Waals surface area contributed by atoms with E-state index in [0.29, 0.717) is 32.9 Å². The first kappa shape index (κ1) is 24.4. The summed E-state index contributed by atoms with van der Waals surface area (Å²) in [5.74, 6) is 0.888. The molecule has 0 amide bonds. The van der Waals surface area contributed by atoms with Gasteiger partial charge in [0.2, 0.25) is 0 Å². The van der Waals surface area contributed by atoms with Gasteiger partial charge in [-0.1, -0.05) is 29.4 Å². The molecule has 8 nitrogen and oxygen atoms in total. The van der Waals surface area contributed by atoms with E-state index in [2.05, 4.69) is 25.9 Å². The number of halogens is 1. The third-order valence-electron chi connectivity index (χ3n) is 7.90. The summed E-state index contributed by atoms with van der Waals surface area (Å²) in [6.07, 6.45) is 14.7. The Labute approximate surface area is 234 Å². The molecule has 5 aromatic rings. The first-order valence-corrected chi connectivity index (χ1v) is 14.1. The highest BCUT2D eigenvalue weighted by Gasteiger charge is 2.40. The van der Waals surface area contributed by atoms with Gasteiger partial charge in [0.15, 0.2) is 0 Å². The van der Waals surface area contributed by atoms with Crippen LogP contribution in [0, 0.1) is 5.41 Å². The second-order valence-corrected chi connectivity index (χ2v) is 11.8. The molecule has 1 fully saturated rings. The minimum atomic E-state index is -0.195. The quantitative estimate of drug-likeness (QED) is 0.284. The van der Waals surface area contributed by atoms with E-state index in [1.54, 1.807) is 18.7 Å². The van der Waals surface area contributed by atoms with Crippen molar-refractivity contribution in [3.8, 4) is 0 Å². The normalized spacial score (nSPS) is 16.2. The molecule has 1 saturated heterocycles. The Hall–Kier alpha value is -3.69. The van der Waals surface area contributed by atoms with Gasteiger partial charge in [0, 0.05) is 35.4 Å². The molecule has 0 bridgehead atoms. The Kier molecular flexibility index (Phi) is 6.12. The molecule has 1 spiro atoms. The van der Waals surface area contributed by atoms with Crippen molar-refractivity contribution in [3.63, 3.8) is 0 Å². The SMILES string of the molecule is O=c1c2c(Cl)c(Sc3cnc(N4CCC5(CC4)Cc4cccnc4C5)cn3)ccc2ncn1Cc1ccoc1. The van der Waals surface area contributed by atoms with Gasteiger partial charge in [-0.25, -0.2) is 15.0 Å². The number of benzene rings is 1. The van der Waals surface area contributed by atoms with Gasteiger partial charge in [-0.3, -0.25) is 14.3 Å². The van der Waals surface area contributed by atoms with Crippen LogP contribution >= 0.6 is 23.4 Å². The van der Waals surface area contributed by atoms with E-state index in [4.69, 9.17) is 21.0 Å². The Balaban J connectivity index is 1.06. The number of hydrogen-bond donors (Lipinski definition) is 0. The molecule has 0 radical (unpaired) electrons. The smallest absolute Gasteiger partial charge is 0.263 e. The van der Waals surface area contributed by atoms with Crippen LogP contribution in [0.15, 0.2) is 86.9 Å². The zero-order chi connectivity index (χ0) is 26.4. The Morgan fingerprint density at radius 3 is 2.69 bits per heavy atom. The van der Waals surface area contributed by atoms with Crippen LogP contribution in [0.5, 0.6) is 0 Å². The summed E-state index contributed by atoms with van der Waals surface area (Å²) in [6, 6.07) is 9.77. The number of anilines is 1. The van der Waals surface area contributed by atoms with Crippen LogP contribution in [0.2, 0.25) is 5.02 Å². The summed E-state index contributed by atoms with van der Waals surface area (Å²) in [5, 5.41) is 1.48. The molecule has 10 heteroatoms. The summed E-state index contributed by atoms with van der Waals surface area (Å²) in [7, 11) is 0. The van der Waals surface area contributed by atoms with Crippen LogP contribution in [-0.4, -0.2) is 37.6 Å². The molecule has 1 aliphatic carbocycles. The number of rotatable bonds is 5. The molecule has 1 aromatic carbocycles. The molecule has 196 valence electrons. The lowest BCUT2D eigenvalue weighted by Crippen LogP contribution is -2.41. The standard InChI is InChI=1S/C29H25ClN6O2S/c30-27-23(4-3-21-26(27)28(37)36(18-34-21)16-19-5-11-38-17-19)39-25-15-32-24(14-33-25)35-9-6-29(7-10-35)12-20-2-1-8-31-22(20)13-29/h1-5,8,11,14-15,17-18H,6-7,9-10,12-13,16H2. The van der Waals surface area contributed by atoms with E-state index >= 15 is 0 Å². The molecule has 4 aromatic heterocycles. The first-order valence-electron chi connectivity index (χ1n) is 12.9. The number of piperidine rings is 1. The van der Waals surface area contributed by atoms with Crippen molar-refractivity contribution in [3.05, 3.63) is 100.0 Å². The van der Waals surface area contributed by atoms with Crippen molar-refractivity contribution < 1.29 is 4.42 Å². The van der Waals surface area contributed by atoms with Crippen molar-refractivity contribution in [2.75, 3.05) is 18.0 Å². The van der Waals surface area contributed by atoms with Gasteiger partial charge in [0.25, 0.3) is 5.56 Å². The number of fused-ring (bicyclic) bond motifs is 2. The van der Waals surface area contributed by atoms with E-state index < -0.39 is 0 Å². The highest BCUT2D eigenvalue weighted by Crippen LogP contribution is 2.44. The van der Waals surface area contributed by atoms with Gasteiger partial charge in [-0.15, -0.1) is 0 Å². The maximum absolute atomic E-state index is 13.2. The highest BCUT2D eigenvalue weighted by atomic mass is 35.5. The molecule has 2 aliphatic rings. The summed E-state index contributed by atoms with van der Waals surface area (Å²) in [5.41, 5.74) is 4.25. The molecule has 39 heavy (non-hydrogen) atoms. The summed E-state index contributed by atoms with van der Waals surface area (Å²) in [6.45, 7) is 2.29. The fourth-order valence-electron chi connectivity index (χ4n) is 5.77. The van der Waals surface area contributed by atoms with Gasteiger partial charge in [0.1, 0.15) is 10.8 Å². The fourth-order valence-corrected chi connectivity index (χ4v) is 6.89. The zero-order valence-corrected chi connectivity index (χ0v) is 22.7. The summed E-state index contributed by atoms with van der Waals surface area (Å²) < 4.78 is 6.65. The van der Waals surface area contributed by atoms with E-state index in [0.717, 1.165) is 55.0 Å². The predicted molar refractivity (Wildman–Crippen MR) is 151 cm³/mol. The van der Waals surface area contributed by atoms with Crippen LogP contribution in [0.3, 0.4) is 0 Å². The molecular weight excluding hydrogens is 532 g/mol. The predicted octanol–water partition coefficient (Wildman–Crippen LogP) is 5.41. The molecule has 5 heterocycles. The van der Waals surface area contributed by atoms with E-state index in [-0.39, 0.29) is 5.56 Å². The van der Waals surface area contributed by atoms with Crippen molar-refractivity contribution in [2.45, 2.75) is 42.1 Å². The average molecular weight is 557 g/mol. The van der Waals surface area contributed by atoms with Gasteiger partial charge in [0.05, 0.1) is 53.7 Å². The average Bonchev–Trinajstić information content (AvgIpc) is 3.60. The zero-order valence-electron chi connectivity index (χ0n) is 21.1. The van der Waals surface area contributed by atoms with Crippen LogP contribution in [0.1, 0.15) is 29.7 Å². The maximum atomic E-state index is 13.2. The number of nitrogens with zero attached hydrogens (tertiary/aromatic N) is 6. The third-order valence-corrected chi connectivity index (χ3v) is 9.38. The molecule has 0 saturated carbocycles. The van der Waals surface area contributed by atoms with Crippen LogP contribution < -0.4 is 10.5 Å². The minimum absolute atomic E-state index is 0.195. The Morgan fingerprint density at radius 2 is 1.92 bits per heavy atom. The Morgan fingerprint density at radius 1 is 1.03 bits per heavy atom. The van der Waals surface area contributed by atoms with Gasteiger partial charge < -0.3 is 9.32 Å². The minimum Gasteiger partial charge on any atom is -0.472 e. The van der Waals surface area contributed by atoms with Crippen molar-refractivity contribution in [1.82, 2.24) is 24.5 Å². The van der Waals surface area contributed by atoms with E-state index in [1.807, 2.05) is 36.7 Å². The lowest BCUT2D eigenvalue weighted by atomic mass is 9.76. The third kappa shape index (κ3) is 4.59. The van der Waals surface area contributed by atoms with E-state index in [1.165, 1.54) is 33.9 Å². The molecular formula is C29H25ClN6O2S. The lowest BCUT2D eigenvalue weighted by Gasteiger charge is -2.39. The number of aromatic nitrogens is 5. The summed E-state index contributed by atoms with van der Waals surface area (Å²) >= 11 is 8.13. The van der Waals surface area contributed by atoms with Crippen molar-refractivity contribution in [1.29, 1.82) is 0 Å². The van der Waals surface area contributed by atoms with Gasteiger partial charge >= 0.3 is 0 Å². The maximum Gasteiger partial charge on any atom is 0.263 e. The number of hydrogen-bond acceptors (Lipinski definition) is 8. The highest BCUT2D eigenvalue weighted by molar-refractivity contribution is 7.99. The van der Waals surface area contributed by atoms with Crippen LogP contribution in [-0.2, 0) is 19.4 Å². The molecule has 7 rings (SSSR count). The molecule has 0 atom stereocenters. The van der Waals surface area contributed by atoms with Crippen LogP contribution in [0.25, 0.3) is 10.9 Å². The lowest BCUT2D eigenvalue weighted by molar-refractivity contribution is 0.231. The summed E-state index contributed by atoms with van der Waals surface area (Å²) in [4.78, 5) is 34.7. The second-order valence-electron chi connectivity index (χ2n) is 10.3. The molecule has 0 N–H and O–H groups in total. The number of pyridine rings is 1. The number of furan rings is 1. The first-order chi connectivity index (χ1) is 19.1. The Bertz CT molecular complexity index is 1690. The van der Waals surface area contributed by atoms with E-state index in [9.17, 15) is 4.79 Å². The molecule has 1 aliphatic heterocycles.